The molecule has 0 aliphatic heterocycles. The van der Waals surface area contributed by atoms with E-state index in [2.05, 4.69) is 23.5 Å². The molecule has 5 heteroatoms. The molecule has 0 spiro atoms. The zero-order chi connectivity index (χ0) is 18.5. The number of rotatable bonds is 4. The van der Waals surface area contributed by atoms with Crippen molar-refractivity contribution in [2.75, 3.05) is 6.26 Å². The average molecular weight is 366 g/mol. The molecule has 0 fully saturated rings. The Morgan fingerprint density at radius 3 is 2.58 bits per heavy atom. The molecule has 26 heavy (non-hydrogen) atoms. The molecule has 0 saturated carbocycles. The summed E-state index contributed by atoms with van der Waals surface area (Å²) in [7, 11) is 0. The molecule has 3 aromatic rings. The maximum Gasteiger partial charge on any atom is 0.257 e. The molecule has 0 radical (unpaired) electrons. The summed E-state index contributed by atoms with van der Waals surface area (Å²) < 4.78 is 14.4. The second-order valence-electron chi connectivity index (χ2n) is 5.89. The van der Waals surface area contributed by atoms with Crippen LogP contribution in [-0.2, 0) is 12.8 Å². The molecule has 1 amide bonds. The lowest BCUT2D eigenvalue weighted by Crippen LogP contribution is -2.28. The number of fused-ring (bicyclic) bond motifs is 1. The summed E-state index contributed by atoms with van der Waals surface area (Å²) in [6.07, 6.45) is 2.74. The van der Waals surface area contributed by atoms with Gasteiger partial charge < -0.3 is 5.32 Å². The van der Waals surface area contributed by atoms with Crippen molar-refractivity contribution >= 4 is 33.6 Å². The van der Waals surface area contributed by atoms with Gasteiger partial charge in [0.2, 0.25) is 0 Å². The fourth-order valence-electron chi connectivity index (χ4n) is 3.02. The Kier molecular flexibility index (Phi) is 5.68. The van der Waals surface area contributed by atoms with E-state index in [1.165, 1.54) is 12.1 Å². The number of hydrogen-bond acceptors (Lipinski definition) is 3. The highest BCUT2D eigenvalue weighted by Gasteiger charge is 2.16. The number of hydrogen-bond donors (Lipinski definition) is 2. The fourth-order valence-corrected chi connectivity index (χ4v) is 3.21. The SMILES string of the molecule is CSC(=N)NC(=O)c1cccc(F)c1CCc1cccc2ccccc12. The molecule has 0 aliphatic rings. The molecule has 0 bridgehead atoms. The third-order valence-corrected chi connectivity index (χ3v) is 4.83. The maximum atomic E-state index is 14.4. The molecule has 132 valence electrons. The van der Waals surface area contributed by atoms with Crippen molar-refractivity contribution in [1.82, 2.24) is 5.32 Å². The standard InChI is InChI=1S/C21H19FN2OS/c1-26-21(23)24-20(25)18-10-5-11-19(22)17(18)13-12-15-8-4-7-14-6-2-3-9-16(14)15/h2-11H,12-13H2,1H3,(H2,23,24,25). The molecule has 0 saturated heterocycles. The number of nitrogens with one attached hydrogen (secondary N) is 2. The van der Waals surface area contributed by atoms with Gasteiger partial charge in [-0.2, -0.15) is 0 Å². The van der Waals surface area contributed by atoms with Gasteiger partial charge in [-0.25, -0.2) is 4.39 Å². The van der Waals surface area contributed by atoms with Crippen LogP contribution in [-0.4, -0.2) is 17.3 Å². The second-order valence-corrected chi connectivity index (χ2v) is 6.71. The summed E-state index contributed by atoms with van der Waals surface area (Å²) in [5.41, 5.74) is 1.78. The van der Waals surface area contributed by atoms with Gasteiger partial charge in [0, 0.05) is 11.1 Å². The van der Waals surface area contributed by atoms with E-state index < -0.39 is 11.7 Å². The molecule has 3 aromatic carbocycles. The highest BCUT2D eigenvalue weighted by atomic mass is 32.2. The van der Waals surface area contributed by atoms with E-state index in [9.17, 15) is 9.18 Å². The van der Waals surface area contributed by atoms with Gasteiger partial charge in [-0.1, -0.05) is 60.3 Å². The first-order chi connectivity index (χ1) is 12.6. The Balaban J connectivity index is 1.88. The Bertz CT molecular complexity index is 966. The molecule has 0 aliphatic carbocycles. The first-order valence-electron chi connectivity index (χ1n) is 8.28. The van der Waals surface area contributed by atoms with E-state index >= 15 is 0 Å². The summed E-state index contributed by atoms with van der Waals surface area (Å²) in [6, 6.07) is 18.7. The molecule has 3 rings (SSSR count). The van der Waals surface area contributed by atoms with Gasteiger partial charge >= 0.3 is 0 Å². The first kappa shape index (κ1) is 18.1. The van der Waals surface area contributed by atoms with Crippen LogP contribution in [0.5, 0.6) is 0 Å². The monoisotopic (exact) mass is 366 g/mol. The number of carbonyl (C=O) groups excluding carboxylic acids is 1. The number of benzene rings is 3. The van der Waals surface area contributed by atoms with Crippen LogP contribution in [0.15, 0.2) is 60.7 Å². The fraction of sp³-hybridized carbons (Fsp3) is 0.143. The minimum Gasteiger partial charge on any atom is -0.301 e. The van der Waals surface area contributed by atoms with E-state index in [4.69, 9.17) is 5.41 Å². The van der Waals surface area contributed by atoms with E-state index in [0.717, 1.165) is 28.1 Å². The largest absolute Gasteiger partial charge is 0.301 e. The van der Waals surface area contributed by atoms with Crippen molar-refractivity contribution in [1.29, 1.82) is 5.41 Å². The molecular weight excluding hydrogens is 347 g/mol. The van der Waals surface area contributed by atoms with Crippen LogP contribution in [0, 0.1) is 11.2 Å². The molecule has 3 nitrogen and oxygen atoms in total. The Morgan fingerprint density at radius 2 is 1.77 bits per heavy atom. The smallest absolute Gasteiger partial charge is 0.257 e. The molecule has 0 unspecified atom stereocenters. The normalized spacial score (nSPS) is 10.7. The van der Waals surface area contributed by atoms with E-state index in [1.807, 2.05) is 24.3 Å². The lowest BCUT2D eigenvalue weighted by Gasteiger charge is -2.12. The first-order valence-corrected chi connectivity index (χ1v) is 9.50. The summed E-state index contributed by atoms with van der Waals surface area (Å²) in [6.45, 7) is 0. The molecule has 0 atom stereocenters. The van der Waals surface area contributed by atoms with Crippen LogP contribution in [0.25, 0.3) is 10.8 Å². The van der Waals surface area contributed by atoms with Crippen molar-refractivity contribution in [2.24, 2.45) is 0 Å². The van der Waals surface area contributed by atoms with Crippen molar-refractivity contribution in [2.45, 2.75) is 12.8 Å². The predicted molar refractivity (Wildman–Crippen MR) is 106 cm³/mol. The van der Waals surface area contributed by atoms with Crippen molar-refractivity contribution in [3.63, 3.8) is 0 Å². The van der Waals surface area contributed by atoms with Crippen molar-refractivity contribution in [3.05, 3.63) is 83.2 Å². The van der Waals surface area contributed by atoms with Gasteiger partial charge in [0.1, 0.15) is 5.82 Å². The zero-order valence-corrected chi connectivity index (χ0v) is 15.2. The average Bonchev–Trinajstić information content (AvgIpc) is 2.66. The minimum absolute atomic E-state index is 0.0410. The summed E-state index contributed by atoms with van der Waals surface area (Å²) in [5, 5.41) is 12.4. The van der Waals surface area contributed by atoms with Crippen LogP contribution < -0.4 is 5.32 Å². The predicted octanol–water partition coefficient (Wildman–Crippen LogP) is 4.79. The number of halogens is 1. The summed E-state index contributed by atoms with van der Waals surface area (Å²) >= 11 is 1.13. The summed E-state index contributed by atoms with van der Waals surface area (Å²) in [4.78, 5) is 12.4. The lowest BCUT2D eigenvalue weighted by atomic mass is 9.96. The van der Waals surface area contributed by atoms with Crippen LogP contribution >= 0.6 is 11.8 Å². The number of amidine groups is 1. The quantitative estimate of drug-likeness (QED) is 0.515. The van der Waals surface area contributed by atoms with E-state index in [0.29, 0.717) is 18.4 Å². The third-order valence-electron chi connectivity index (χ3n) is 4.32. The van der Waals surface area contributed by atoms with Gasteiger partial charge in [0.05, 0.1) is 0 Å². The number of aryl methyl sites for hydroxylation is 1. The van der Waals surface area contributed by atoms with Crippen LogP contribution in [0.4, 0.5) is 4.39 Å². The Morgan fingerprint density at radius 1 is 1.04 bits per heavy atom. The highest BCUT2D eigenvalue weighted by Crippen LogP contribution is 2.22. The molecular formula is C21H19FN2OS. The molecule has 0 aromatic heterocycles. The maximum absolute atomic E-state index is 14.4. The third kappa shape index (κ3) is 3.94. The van der Waals surface area contributed by atoms with Gasteiger partial charge in [0.25, 0.3) is 5.91 Å². The van der Waals surface area contributed by atoms with Gasteiger partial charge in [-0.05, 0) is 47.6 Å². The van der Waals surface area contributed by atoms with E-state index in [1.54, 1.807) is 12.3 Å². The Hall–Kier alpha value is -2.66. The topological polar surface area (TPSA) is 53.0 Å². The van der Waals surface area contributed by atoms with Gasteiger partial charge in [-0.15, -0.1) is 0 Å². The van der Waals surface area contributed by atoms with Crippen molar-refractivity contribution < 1.29 is 9.18 Å². The van der Waals surface area contributed by atoms with Crippen LogP contribution in [0.1, 0.15) is 21.5 Å². The summed E-state index contributed by atoms with van der Waals surface area (Å²) in [5.74, 6) is -0.842. The highest BCUT2D eigenvalue weighted by molar-refractivity contribution is 8.13. The lowest BCUT2D eigenvalue weighted by molar-refractivity contribution is 0.0976. The number of carbonyl (C=O) groups is 1. The number of thioether (sulfide) groups is 1. The minimum atomic E-state index is -0.447. The van der Waals surface area contributed by atoms with Gasteiger partial charge in [0.15, 0.2) is 5.17 Å². The molecule has 0 heterocycles. The zero-order valence-electron chi connectivity index (χ0n) is 14.4. The van der Waals surface area contributed by atoms with Gasteiger partial charge in [-0.3, -0.25) is 10.2 Å². The number of amides is 1. The van der Waals surface area contributed by atoms with Crippen molar-refractivity contribution in [3.8, 4) is 0 Å². The van der Waals surface area contributed by atoms with Crippen LogP contribution in [0.3, 0.4) is 0 Å². The van der Waals surface area contributed by atoms with Crippen LogP contribution in [0.2, 0.25) is 0 Å². The second kappa shape index (κ2) is 8.15. The van der Waals surface area contributed by atoms with E-state index in [-0.39, 0.29) is 10.7 Å². The molecule has 2 N–H and O–H groups in total. The Labute approximate surface area is 156 Å².